The van der Waals surface area contributed by atoms with Crippen LogP contribution in [0.1, 0.15) is 71.8 Å². The van der Waals surface area contributed by atoms with Gasteiger partial charge in [-0.2, -0.15) is 0 Å². The summed E-state index contributed by atoms with van der Waals surface area (Å²) in [4.78, 5) is 13.6. The van der Waals surface area contributed by atoms with E-state index in [1.54, 1.807) is 14.2 Å². The Balaban J connectivity index is 1.61. The average molecular weight is 607 g/mol. The summed E-state index contributed by atoms with van der Waals surface area (Å²) in [6.07, 6.45) is 3.59. The van der Waals surface area contributed by atoms with Gasteiger partial charge in [-0.3, -0.25) is 4.79 Å². The van der Waals surface area contributed by atoms with E-state index in [2.05, 4.69) is 25.2 Å². The van der Waals surface area contributed by atoms with Gasteiger partial charge in [-0.15, -0.1) is 0 Å². The number of aliphatic hydroxyl groups excluding tert-OH is 2. The van der Waals surface area contributed by atoms with E-state index >= 15 is 0 Å². The largest absolute Gasteiger partial charge is 0.493 e. The normalized spacial score (nSPS) is 25.1. The summed E-state index contributed by atoms with van der Waals surface area (Å²) in [6.45, 7) is 10.9. The van der Waals surface area contributed by atoms with Crippen molar-refractivity contribution in [2.24, 2.45) is 41.2 Å². The van der Waals surface area contributed by atoms with Gasteiger partial charge in [-0.1, -0.05) is 33.8 Å². The van der Waals surface area contributed by atoms with Gasteiger partial charge in [-0.25, -0.2) is 0 Å². The number of ether oxygens (including phenoxy) is 4. The minimum absolute atomic E-state index is 0.0205. The molecule has 0 bridgehead atoms. The van der Waals surface area contributed by atoms with Crippen LogP contribution in [-0.4, -0.2) is 81.1 Å². The number of methoxy groups -OCH3 is 2. The fraction of sp³-hybridized carbons (Fsp3) is 0.794. The number of fused-ring (bicyclic) bond motifs is 1. The van der Waals surface area contributed by atoms with Crippen LogP contribution in [0.15, 0.2) is 18.2 Å². The van der Waals surface area contributed by atoms with Crippen molar-refractivity contribution in [3.05, 3.63) is 23.8 Å². The number of nitrogens with two attached hydrogens (primary N) is 1. The van der Waals surface area contributed by atoms with Gasteiger partial charge in [-0.05, 0) is 85.8 Å². The Morgan fingerprint density at radius 1 is 1.09 bits per heavy atom. The molecule has 9 nitrogen and oxygen atoms in total. The molecule has 2 fully saturated rings. The van der Waals surface area contributed by atoms with E-state index in [0.717, 1.165) is 31.2 Å². The highest BCUT2D eigenvalue weighted by Crippen LogP contribution is 2.38. The van der Waals surface area contributed by atoms with Crippen molar-refractivity contribution in [2.75, 3.05) is 40.6 Å². The lowest BCUT2D eigenvalue weighted by Crippen LogP contribution is -2.47. The summed E-state index contributed by atoms with van der Waals surface area (Å²) in [5, 5.41) is 24.8. The topological polar surface area (TPSA) is 132 Å². The fourth-order valence-corrected chi connectivity index (χ4v) is 6.80. The molecule has 4 unspecified atom stereocenters. The average Bonchev–Trinajstić information content (AvgIpc) is 3.25. The maximum atomic E-state index is 13.6. The first-order chi connectivity index (χ1) is 20.5. The second-order valence-electron chi connectivity index (χ2n) is 13.5. The molecule has 1 saturated heterocycles. The molecule has 1 aliphatic carbocycles. The van der Waals surface area contributed by atoms with Crippen LogP contribution >= 0.6 is 0 Å². The molecular weight excluding hydrogens is 548 g/mol. The summed E-state index contributed by atoms with van der Waals surface area (Å²) < 4.78 is 22.4. The van der Waals surface area contributed by atoms with E-state index in [1.165, 1.54) is 0 Å². The minimum Gasteiger partial charge on any atom is -0.493 e. The third kappa shape index (κ3) is 10.6. The zero-order valence-corrected chi connectivity index (χ0v) is 27.3. The molecule has 0 radical (unpaired) electrons. The second kappa shape index (κ2) is 17.5. The third-order valence-corrected chi connectivity index (χ3v) is 9.60. The van der Waals surface area contributed by atoms with Crippen molar-refractivity contribution in [1.29, 1.82) is 0 Å². The van der Waals surface area contributed by atoms with Crippen LogP contribution in [0.4, 0.5) is 0 Å². The summed E-state index contributed by atoms with van der Waals surface area (Å²) in [6, 6.07) is 5.56. The molecule has 1 heterocycles. The predicted octanol–water partition coefficient (Wildman–Crippen LogP) is 3.96. The molecule has 1 aromatic rings. The summed E-state index contributed by atoms with van der Waals surface area (Å²) in [5.41, 5.74) is 7.77. The van der Waals surface area contributed by atoms with Crippen LogP contribution in [-0.2, 0) is 20.7 Å². The summed E-state index contributed by atoms with van der Waals surface area (Å²) >= 11 is 0. The van der Waals surface area contributed by atoms with Crippen LogP contribution in [0.2, 0.25) is 0 Å². The number of hydrogen-bond donors (Lipinski definition) is 4. The van der Waals surface area contributed by atoms with E-state index in [4.69, 9.17) is 24.7 Å². The quantitative estimate of drug-likeness (QED) is 0.196. The smallest absolute Gasteiger partial charge is 0.223 e. The maximum absolute atomic E-state index is 13.6. The van der Waals surface area contributed by atoms with Crippen LogP contribution < -0.4 is 20.5 Å². The molecule has 0 aromatic heterocycles. The lowest BCUT2D eigenvalue weighted by atomic mass is 9.80. The molecule has 1 amide bonds. The number of rotatable bonds is 17. The van der Waals surface area contributed by atoms with E-state index in [1.807, 2.05) is 26.0 Å². The van der Waals surface area contributed by atoms with Crippen LogP contribution in [0.3, 0.4) is 0 Å². The van der Waals surface area contributed by atoms with Gasteiger partial charge in [0.2, 0.25) is 5.91 Å². The Bertz CT molecular complexity index is 974. The Labute approximate surface area is 259 Å². The van der Waals surface area contributed by atoms with Gasteiger partial charge in [0.1, 0.15) is 0 Å². The molecule has 43 heavy (non-hydrogen) atoms. The minimum atomic E-state index is -0.798. The van der Waals surface area contributed by atoms with Crippen LogP contribution in [0.5, 0.6) is 11.5 Å². The van der Waals surface area contributed by atoms with E-state index in [-0.39, 0.29) is 47.6 Å². The number of nitrogens with one attached hydrogen (secondary N) is 1. The standard InChI is InChI=1S/C34H58N2O7/c1-21(2)24(14-23-8-9-32(41-6)33(15-23)43-12-7-11-40-5)17-29(35)31(38)19-27(22(3)4)34(39)36-30-10-13-42-20-25-16-26(37)18-28(25)30/h8-9,15,21-22,24-31,37-38H,7,10-14,16-20,35H2,1-6H3,(H,36,39)/t24-,25?,26?,27-,28?,29-,30?,31-/m0/s1. The molecule has 8 atom stereocenters. The van der Waals surface area contributed by atoms with Crippen molar-refractivity contribution in [1.82, 2.24) is 5.32 Å². The van der Waals surface area contributed by atoms with Gasteiger partial charge in [0, 0.05) is 51.4 Å². The highest BCUT2D eigenvalue weighted by molar-refractivity contribution is 5.79. The number of carbonyl (C=O) groups is 1. The van der Waals surface area contributed by atoms with Crippen LogP contribution in [0, 0.1) is 35.5 Å². The van der Waals surface area contributed by atoms with E-state index in [9.17, 15) is 15.0 Å². The fourth-order valence-electron chi connectivity index (χ4n) is 6.80. The van der Waals surface area contributed by atoms with Gasteiger partial charge in [0.05, 0.1) is 25.9 Å². The Kier molecular flexibility index (Phi) is 14.5. The summed E-state index contributed by atoms with van der Waals surface area (Å²) in [7, 11) is 3.32. The Morgan fingerprint density at radius 2 is 1.86 bits per heavy atom. The highest BCUT2D eigenvalue weighted by atomic mass is 16.5. The predicted molar refractivity (Wildman–Crippen MR) is 168 cm³/mol. The van der Waals surface area contributed by atoms with Gasteiger partial charge in [0.15, 0.2) is 11.5 Å². The number of benzene rings is 1. The molecule has 1 aliphatic heterocycles. The van der Waals surface area contributed by atoms with Crippen molar-refractivity contribution >= 4 is 5.91 Å². The van der Waals surface area contributed by atoms with Gasteiger partial charge < -0.3 is 40.2 Å². The zero-order valence-electron chi connectivity index (χ0n) is 27.3. The molecule has 246 valence electrons. The number of aliphatic hydroxyl groups is 2. The molecule has 0 spiro atoms. The Hall–Kier alpha value is -1.91. The zero-order chi connectivity index (χ0) is 31.5. The molecular formula is C34H58N2O7. The van der Waals surface area contributed by atoms with Crippen LogP contribution in [0.25, 0.3) is 0 Å². The molecule has 3 rings (SSSR count). The lowest BCUT2D eigenvalue weighted by molar-refractivity contribution is -0.129. The van der Waals surface area contributed by atoms with Gasteiger partial charge in [0.25, 0.3) is 0 Å². The summed E-state index contributed by atoms with van der Waals surface area (Å²) in [5.74, 6) is 2.16. The van der Waals surface area contributed by atoms with Crippen molar-refractivity contribution in [3.8, 4) is 11.5 Å². The first-order valence-corrected chi connectivity index (χ1v) is 16.3. The molecule has 5 N–H and O–H groups in total. The molecule has 2 aliphatic rings. The lowest BCUT2D eigenvalue weighted by Gasteiger charge is -2.32. The number of hydrogen-bond acceptors (Lipinski definition) is 8. The van der Waals surface area contributed by atoms with E-state index in [0.29, 0.717) is 63.1 Å². The van der Waals surface area contributed by atoms with Crippen molar-refractivity contribution in [2.45, 2.75) is 96.9 Å². The molecule has 9 heteroatoms. The maximum Gasteiger partial charge on any atom is 0.223 e. The SMILES string of the molecule is COCCCOc1cc(C[C@@H](C[C@H](N)[C@@H](O)C[C@H](C(=O)NC2CCOCC3CC(O)CC32)C(C)C)C(C)C)ccc1OC. The molecule has 1 aromatic carbocycles. The third-order valence-electron chi connectivity index (χ3n) is 9.60. The van der Waals surface area contributed by atoms with Crippen molar-refractivity contribution < 1.29 is 34.0 Å². The highest BCUT2D eigenvalue weighted by Gasteiger charge is 2.41. The van der Waals surface area contributed by atoms with E-state index < -0.39 is 12.1 Å². The first kappa shape index (κ1) is 35.6. The monoisotopic (exact) mass is 606 g/mol. The van der Waals surface area contributed by atoms with Gasteiger partial charge >= 0.3 is 0 Å². The second-order valence-corrected chi connectivity index (χ2v) is 13.5. The first-order valence-electron chi connectivity index (χ1n) is 16.3. The Morgan fingerprint density at radius 3 is 2.53 bits per heavy atom. The number of carbonyl (C=O) groups excluding carboxylic acids is 1. The number of amides is 1. The van der Waals surface area contributed by atoms with Crippen molar-refractivity contribution in [3.63, 3.8) is 0 Å². The molecule has 1 saturated carbocycles.